The maximum atomic E-state index is 12.7. The van der Waals surface area contributed by atoms with Crippen molar-refractivity contribution in [1.82, 2.24) is 9.58 Å². The first-order valence-corrected chi connectivity index (χ1v) is 7.76. The normalized spacial score (nSPS) is 20.1. The Morgan fingerprint density at radius 3 is 3.09 bits per heavy atom. The maximum absolute atomic E-state index is 12.7. The molecule has 0 bridgehead atoms. The predicted molar refractivity (Wildman–Crippen MR) is 80.7 cm³/mol. The highest BCUT2D eigenvalue weighted by molar-refractivity contribution is 5.96. The van der Waals surface area contributed by atoms with Gasteiger partial charge in [0.1, 0.15) is 6.17 Å². The van der Waals surface area contributed by atoms with Crippen molar-refractivity contribution in [1.29, 1.82) is 0 Å². The number of nitrogens with one attached hydrogen (secondary N) is 1. The first-order chi connectivity index (χ1) is 10.7. The van der Waals surface area contributed by atoms with Crippen LogP contribution in [0.5, 0.6) is 5.75 Å². The Kier molecular flexibility index (Phi) is 4.33. The van der Waals surface area contributed by atoms with E-state index in [1.165, 1.54) is 6.07 Å². The van der Waals surface area contributed by atoms with Gasteiger partial charge in [0.15, 0.2) is 11.4 Å². The van der Waals surface area contributed by atoms with Crippen LogP contribution in [0.4, 0.5) is 0 Å². The summed E-state index contributed by atoms with van der Waals surface area (Å²) in [6, 6.07) is 1.41. The van der Waals surface area contributed by atoms with Gasteiger partial charge < -0.3 is 19.8 Å². The number of ether oxygens (including phenoxy) is 2. The van der Waals surface area contributed by atoms with E-state index in [0.717, 1.165) is 19.3 Å². The molecule has 1 aromatic rings. The molecular weight excluding hydrogens is 286 g/mol. The van der Waals surface area contributed by atoms with Gasteiger partial charge in [-0.15, -0.1) is 0 Å². The van der Waals surface area contributed by atoms with Gasteiger partial charge in [0.25, 0.3) is 5.91 Å². The van der Waals surface area contributed by atoms with Gasteiger partial charge in [-0.1, -0.05) is 19.8 Å². The molecule has 1 atom stereocenters. The van der Waals surface area contributed by atoms with E-state index >= 15 is 0 Å². The lowest BCUT2D eigenvalue weighted by Gasteiger charge is -2.41. The molecule has 3 rings (SSSR count). The highest BCUT2D eigenvalue weighted by Crippen LogP contribution is 2.22. The van der Waals surface area contributed by atoms with E-state index in [2.05, 4.69) is 12.3 Å². The lowest BCUT2D eigenvalue weighted by Crippen LogP contribution is -2.59. The molecule has 0 saturated carbocycles. The van der Waals surface area contributed by atoms with Crippen LogP contribution >= 0.6 is 0 Å². The number of morpholine rings is 1. The van der Waals surface area contributed by atoms with E-state index in [0.29, 0.717) is 26.4 Å². The van der Waals surface area contributed by atoms with Crippen LogP contribution in [-0.4, -0.2) is 48.0 Å². The molecule has 7 heteroatoms. The van der Waals surface area contributed by atoms with E-state index < -0.39 is 0 Å². The second-order valence-electron chi connectivity index (χ2n) is 5.50. The highest BCUT2D eigenvalue weighted by Gasteiger charge is 2.36. The fourth-order valence-corrected chi connectivity index (χ4v) is 2.74. The van der Waals surface area contributed by atoms with Crippen molar-refractivity contribution in [3.8, 4) is 5.75 Å². The van der Waals surface area contributed by atoms with Gasteiger partial charge in [-0.3, -0.25) is 14.3 Å². The van der Waals surface area contributed by atoms with Crippen LogP contribution in [0.2, 0.25) is 0 Å². The molecule has 2 aliphatic heterocycles. The Morgan fingerprint density at radius 2 is 2.27 bits per heavy atom. The summed E-state index contributed by atoms with van der Waals surface area (Å²) in [5, 5.41) is 0. The molecule has 0 aromatic carbocycles. The Morgan fingerprint density at radius 1 is 1.41 bits per heavy atom. The van der Waals surface area contributed by atoms with Crippen LogP contribution in [0.15, 0.2) is 17.1 Å². The van der Waals surface area contributed by atoms with Crippen LogP contribution in [0.25, 0.3) is 0 Å². The molecule has 0 aliphatic carbocycles. The van der Waals surface area contributed by atoms with Gasteiger partial charge in [0.05, 0.1) is 19.8 Å². The zero-order valence-electron chi connectivity index (χ0n) is 12.7. The number of pyridine rings is 1. The summed E-state index contributed by atoms with van der Waals surface area (Å²) >= 11 is 0. The quantitative estimate of drug-likeness (QED) is 0.814. The van der Waals surface area contributed by atoms with Crippen LogP contribution in [0.3, 0.4) is 0 Å². The number of fused-ring (bicyclic) bond motifs is 2. The Hall–Kier alpha value is -2.02. The van der Waals surface area contributed by atoms with Gasteiger partial charge in [0, 0.05) is 18.8 Å². The SMILES string of the molecule is CCCCCOc1c2n(ccc1=O)N[C@@H]1COCCN1C2=O. The minimum atomic E-state index is -0.260. The third kappa shape index (κ3) is 2.68. The summed E-state index contributed by atoms with van der Waals surface area (Å²) in [7, 11) is 0. The molecule has 120 valence electrons. The minimum absolute atomic E-state index is 0.140. The first-order valence-electron chi connectivity index (χ1n) is 7.76. The number of hydrogen-bond donors (Lipinski definition) is 1. The number of hydrogen-bond acceptors (Lipinski definition) is 5. The number of amides is 1. The largest absolute Gasteiger partial charge is 0.487 e. The summed E-state index contributed by atoms with van der Waals surface area (Å²) in [4.78, 5) is 26.5. The van der Waals surface area contributed by atoms with E-state index in [9.17, 15) is 9.59 Å². The molecule has 1 saturated heterocycles. The summed E-state index contributed by atoms with van der Waals surface area (Å²) < 4.78 is 12.6. The van der Waals surface area contributed by atoms with E-state index in [1.807, 2.05) is 0 Å². The predicted octanol–water partition coefficient (Wildman–Crippen LogP) is 0.773. The lowest BCUT2D eigenvalue weighted by atomic mass is 10.2. The Balaban J connectivity index is 1.89. The zero-order valence-corrected chi connectivity index (χ0v) is 12.7. The standard InChI is InChI=1S/C15H21N3O4/c1-2-3-4-8-22-14-11(19)5-6-18-13(14)15(20)17-7-9-21-10-12(17)16-18/h5-6,12,16H,2-4,7-10H2,1H3/t12-/m0/s1. The van der Waals surface area contributed by atoms with Crippen molar-refractivity contribution >= 4 is 5.91 Å². The molecule has 3 heterocycles. The molecular formula is C15H21N3O4. The summed E-state index contributed by atoms with van der Waals surface area (Å²) in [6.07, 6.45) is 4.34. The fraction of sp³-hybridized carbons (Fsp3) is 0.600. The number of unbranched alkanes of at least 4 members (excludes halogenated alkanes) is 2. The third-order valence-electron chi connectivity index (χ3n) is 3.93. The minimum Gasteiger partial charge on any atom is -0.487 e. The van der Waals surface area contributed by atoms with Crippen molar-refractivity contribution in [3.63, 3.8) is 0 Å². The van der Waals surface area contributed by atoms with Crippen LogP contribution in [-0.2, 0) is 4.74 Å². The second kappa shape index (κ2) is 6.39. The number of rotatable bonds is 5. The lowest BCUT2D eigenvalue weighted by molar-refractivity contribution is -0.00324. The summed E-state index contributed by atoms with van der Waals surface area (Å²) in [5.74, 6) is -0.0451. The summed E-state index contributed by atoms with van der Waals surface area (Å²) in [5.41, 5.74) is 3.20. The number of carbonyl (C=O) groups excluding carboxylic acids is 1. The Bertz CT molecular complexity index is 613. The maximum Gasteiger partial charge on any atom is 0.278 e. The van der Waals surface area contributed by atoms with Crippen molar-refractivity contribution in [2.45, 2.75) is 32.4 Å². The van der Waals surface area contributed by atoms with Gasteiger partial charge in [-0.05, 0) is 6.42 Å². The Labute approximate surface area is 128 Å². The van der Waals surface area contributed by atoms with Crippen LogP contribution in [0, 0.1) is 0 Å². The molecule has 0 spiro atoms. The molecule has 2 aliphatic rings. The molecule has 22 heavy (non-hydrogen) atoms. The number of aromatic nitrogens is 1. The first kappa shape index (κ1) is 14.9. The van der Waals surface area contributed by atoms with E-state index in [4.69, 9.17) is 9.47 Å². The van der Waals surface area contributed by atoms with Crippen molar-refractivity contribution in [3.05, 3.63) is 28.2 Å². The van der Waals surface area contributed by atoms with Crippen molar-refractivity contribution in [2.24, 2.45) is 0 Å². The van der Waals surface area contributed by atoms with Gasteiger partial charge >= 0.3 is 0 Å². The number of nitrogens with zero attached hydrogens (tertiary/aromatic N) is 2. The topological polar surface area (TPSA) is 72.8 Å². The van der Waals surface area contributed by atoms with Gasteiger partial charge in [-0.2, -0.15) is 0 Å². The molecule has 0 radical (unpaired) electrons. The molecule has 1 amide bonds. The third-order valence-corrected chi connectivity index (χ3v) is 3.93. The van der Waals surface area contributed by atoms with Crippen LogP contribution < -0.4 is 15.6 Å². The van der Waals surface area contributed by atoms with Crippen molar-refractivity contribution in [2.75, 3.05) is 31.8 Å². The molecule has 1 fully saturated rings. The second-order valence-corrected chi connectivity index (χ2v) is 5.50. The molecule has 1 aromatic heterocycles. The van der Waals surface area contributed by atoms with Gasteiger partial charge in [-0.25, -0.2) is 0 Å². The van der Waals surface area contributed by atoms with Crippen LogP contribution in [0.1, 0.15) is 36.7 Å². The molecule has 7 nitrogen and oxygen atoms in total. The monoisotopic (exact) mass is 307 g/mol. The fourth-order valence-electron chi connectivity index (χ4n) is 2.74. The zero-order chi connectivity index (χ0) is 15.5. The van der Waals surface area contributed by atoms with Crippen molar-refractivity contribution < 1.29 is 14.3 Å². The van der Waals surface area contributed by atoms with E-state index in [-0.39, 0.29) is 28.9 Å². The van der Waals surface area contributed by atoms with Gasteiger partial charge in [0.2, 0.25) is 5.43 Å². The average molecular weight is 307 g/mol. The smallest absolute Gasteiger partial charge is 0.278 e. The molecule has 1 N–H and O–H groups in total. The van der Waals surface area contributed by atoms with E-state index in [1.54, 1.807) is 15.8 Å². The average Bonchev–Trinajstić information content (AvgIpc) is 2.54. The highest BCUT2D eigenvalue weighted by atomic mass is 16.5. The molecule has 0 unspecified atom stereocenters. The summed E-state index contributed by atoms with van der Waals surface area (Å²) in [6.45, 7) is 4.00. The number of carbonyl (C=O) groups is 1.